The first-order valence-corrected chi connectivity index (χ1v) is 7.69. The van der Waals surface area contributed by atoms with E-state index in [1.807, 2.05) is 12.1 Å². The number of para-hydroxylation sites is 1. The molecular formula is C19H15F2N3O2. The Bertz CT molecular complexity index is 940. The molecule has 0 radical (unpaired) electrons. The van der Waals surface area contributed by atoms with Crippen molar-refractivity contribution >= 4 is 17.3 Å². The van der Waals surface area contributed by atoms with Gasteiger partial charge in [-0.3, -0.25) is 4.79 Å². The van der Waals surface area contributed by atoms with Crippen molar-refractivity contribution in [1.82, 2.24) is 9.55 Å². The molecule has 2 aromatic carbocycles. The van der Waals surface area contributed by atoms with Crippen LogP contribution < -0.4 is 10.1 Å². The lowest BCUT2D eigenvalue weighted by atomic mass is 10.1. The number of hydrogen-bond acceptors (Lipinski definition) is 3. The average Bonchev–Trinajstić information content (AvgIpc) is 3.17. The highest BCUT2D eigenvalue weighted by Crippen LogP contribution is 2.26. The first-order valence-electron chi connectivity index (χ1n) is 7.69. The molecule has 0 saturated carbocycles. The van der Waals surface area contributed by atoms with Gasteiger partial charge in [0.2, 0.25) is 0 Å². The van der Waals surface area contributed by atoms with E-state index in [-0.39, 0.29) is 12.3 Å². The first-order chi connectivity index (χ1) is 12.5. The summed E-state index contributed by atoms with van der Waals surface area (Å²) in [6.45, 7) is 3.71. The molecular weight excluding hydrogens is 340 g/mol. The fourth-order valence-electron chi connectivity index (χ4n) is 2.30. The maximum absolute atomic E-state index is 13.2. The number of amides is 1. The van der Waals surface area contributed by atoms with E-state index in [9.17, 15) is 13.6 Å². The van der Waals surface area contributed by atoms with Crippen molar-refractivity contribution in [1.29, 1.82) is 0 Å². The van der Waals surface area contributed by atoms with Crippen LogP contribution in [0.15, 0.2) is 67.8 Å². The molecule has 0 aliphatic carbocycles. The zero-order chi connectivity index (χ0) is 18.5. The Hall–Kier alpha value is -3.48. The van der Waals surface area contributed by atoms with Gasteiger partial charge in [0, 0.05) is 29.7 Å². The number of anilines is 1. The molecule has 0 atom stereocenters. The van der Waals surface area contributed by atoms with Crippen molar-refractivity contribution in [2.45, 2.75) is 0 Å². The van der Waals surface area contributed by atoms with Gasteiger partial charge in [-0.1, -0.05) is 18.7 Å². The van der Waals surface area contributed by atoms with Gasteiger partial charge in [0.25, 0.3) is 5.91 Å². The molecule has 0 unspecified atom stereocenters. The Morgan fingerprint density at radius 3 is 2.73 bits per heavy atom. The second-order valence-corrected chi connectivity index (χ2v) is 5.38. The van der Waals surface area contributed by atoms with E-state index in [0.717, 1.165) is 12.1 Å². The third kappa shape index (κ3) is 3.94. The topological polar surface area (TPSA) is 56.1 Å². The molecule has 1 heterocycles. The van der Waals surface area contributed by atoms with Gasteiger partial charge < -0.3 is 14.6 Å². The Morgan fingerprint density at radius 1 is 1.19 bits per heavy atom. The number of aromatic nitrogens is 2. The minimum Gasteiger partial charge on any atom is -0.483 e. The summed E-state index contributed by atoms with van der Waals surface area (Å²) in [7, 11) is 0. The molecule has 0 aliphatic heterocycles. The van der Waals surface area contributed by atoms with Crippen LogP contribution in [0.1, 0.15) is 5.56 Å². The maximum atomic E-state index is 13.2. The van der Waals surface area contributed by atoms with Crippen LogP contribution in [0.4, 0.5) is 14.5 Å². The Kier molecular flexibility index (Phi) is 5.07. The predicted molar refractivity (Wildman–Crippen MR) is 93.6 cm³/mol. The van der Waals surface area contributed by atoms with Crippen molar-refractivity contribution in [3.63, 3.8) is 0 Å². The van der Waals surface area contributed by atoms with E-state index >= 15 is 0 Å². The first kappa shape index (κ1) is 17.3. The van der Waals surface area contributed by atoms with E-state index in [1.54, 1.807) is 35.4 Å². The monoisotopic (exact) mass is 355 g/mol. The fourth-order valence-corrected chi connectivity index (χ4v) is 2.30. The third-order valence-corrected chi connectivity index (χ3v) is 3.58. The number of ether oxygens (including phenoxy) is 1. The molecule has 0 fully saturated rings. The van der Waals surface area contributed by atoms with Gasteiger partial charge in [0.15, 0.2) is 18.2 Å². The summed E-state index contributed by atoms with van der Waals surface area (Å²) in [5, 5.41) is 2.45. The highest BCUT2D eigenvalue weighted by atomic mass is 19.2. The fraction of sp³-hybridized carbons (Fsp3) is 0.0526. The number of benzene rings is 2. The average molecular weight is 355 g/mol. The molecule has 0 aliphatic rings. The summed E-state index contributed by atoms with van der Waals surface area (Å²) in [5.74, 6) is -2.05. The van der Waals surface area contributed by atoms with Crippen molar-refractivity contribution < 1.29 is 18.3 Å². The zero-order valence-electron chi connectivity index (χ0n) is 13.7. The number of rotatable bonds is 6. The SMILES string of the molecule is C=C(c1ccccc1OCC(=O)Nc1ccc(F)c(F)c1)n1ccnc1. The van der Waals surface area contributed by atoms with Gasteiger partial charge in [-0.25, -0.2) is 13.8 Å². The molecule has 1 N–H and O–H groups in total. The van der Waals surface area contributed by atoms with E-state index in [0.29, 0.717) is 17.0 Å². The molecule has 3 rings (SSSR count). The quantitative estimate of drug-likeness (QED) is 0.734. The van der Waals surface area contributed by atoms with Crippen LogP contribution in [0.5, 0.6) is 5.75 Å². The zero-order valence-corrected chi connectivity index (χ0v) is 13.7. The maximum Gasteiger partial charge on any atom is 0.262 e. The van der Waals surface area contributed by atoms with Crippen LogP contribution in [0.2, 0.25) is 0 Å². The summed E-state index contributed by atoms with van der Waals surface area (Å²) < 4.78 is 33.4. The molecule has 0 saturated heterocycles. The van der Waals surface area contributed by atoms with E-state index in [1.165, 1.54) is 6.07 Å². The summed E-state index contributed by atoms with van der Waals surface area (Å²) in [5.41, 5.74) is 1.49. The van der Waals surface area contributed by atoms with Gasteiger partial charge in [0.05, 0.1) is 12.0 Å². The Labute approximate surface area is 148 Å². The van der Waals surface area contributed by atoms with Gasteiger partial charge in [-0.15, -0.1) is 0 Å². The molecule has 132 valence electrons. The number of halogens is 2. The Balaban J connectivity index is 1.67. The molecule has 1 aromatic heterocycles. The molecule has 0 spiro atoms. The molecule has 7 heteroatoms. The van der Waals surface area contributed by atoms with Gasteiger partial charge in [0.1, 0.15) is 5.75 Å². The van der Waals surface area contributed by atoms with Crippen LogP contribution in [0, 0.1) is 11.6 Å². The summed E-state index contributed by atoms with van der Waals surface area (Å²) >= 11 is 0. The summed E-state index contributed by atoms with van der Waals surface area (Å²) in [4.78, 5) is 16.0. The highest BCUT2D eigenvalue weighted by Gasteiger charge is 2.11. The molecule has 5 nitrogen and oxygen atoms in total. The smallest absolute Gasteiger partial charge is 0.262 e. The third-order valence-electron chi connectivity index (χ3n) is 3.58. The number of imidazole rings is 1. The lowest BCUT2D eigenvalue weighted by molar-refractivity contribution is -0.118. The van der Waals surface area contributed by atoms with Crippen LogP contribution in [0.3, 0.4) is 0 Å². The highest BCUT2D eigenvalue weighted by molar-refractivity contribution is 5.91. The molecule has 0 bridgehead atoms. The molecule has 1 amide bonds. The number of nitrogens with one attached hydrogen (secondary N) is 1. The predicted octanol–water partition coefficient (Wildman–Crippen LogP) is 3.70. The number of hydrogen-bond donors (Lipinski definition) is 1. The normalized spacial score (nSPS) is 10.4. The van der Waals surface area contributed by atoms with Crippen molar-refractivity contribution in [2.75, 3.05) is 11.9 Å². The van der Waals surface area contributed by atoms with Crippen molar-refractivity contribution in [3.8, 4) is 5.75 Å². The van der Waals surface area contributed by atoms with Crippen LogP contribution in [0.25, 0.3) is 5.70 Å². The van der Waals surface area contributed by atoms with Crippen LogP contribution in [-0.2, 0) is 4.79 Å². The number of carbonyl (C=O) groups excluding carboxylic acids is 1. The van der Waals surface area contributed by atoms with E-state index in [2.05, 4.69) is 16.9 Å². The number of nitrogens with zero attached hydrogens (tertiary/aromatic N) is 2. The largest absolute Gasteiger partial charge is 0.483 e. The van der Waals surface area contributed by atoms with Crippen LogP contribution in [-0.4, -0.2) is 22.1 Å². The lowest BCUT2D eigenvalue weighted by Crippen LogP contribution is -2.20. The standard InChI is InChI=1S/C19H15F2N3O2/c1-13(24-9-8-22-12-24)15-4-2-3-5-18(15)26-11-19(25)23-14-6-7-16(20)17(21)10-14/h2-10,12H,1,11H2,(H,23,25). The van der Waals surface area contributed by atoms with Gasteiger partial charge in [-0.05, 0) is 24.3 Å². The van der Waals surface area contributed by atoms with Crippen LogP contribution >= 0.6 is 0 Å². The Morgan fingerprint density at radius 2 is 2.00 bits per heavy atom. The number of carbonyl (C=O) groups is 1. The summed E-state index contributed by atoms with van der Waals surface area (Å²) in [6.07, 6.45) is 4.98. The van der Waals surface area contributed by atoms with Crippen molar-refractivity contribution in [2.24, 2.45) is 0 Å². The van der Waals surface area contributed by atoms with E-state index < -0.39 is 17.5 Å². The lowest BCUT2D eigenvalue weighted by Gasteiger charge is -2.14. The van der Waals surface area contributed by atoms with Gasteiger partial charge >= 0.3 is 0 Å². The second kappa shape index (κ2) is 7.60. The summed E-state index contributed by atoms with van der Waals surface area (Å²) in [6, 6.07) is 10.2. The minimum atomic E-state index is -1.04. The van der Waals surface area contributed by atoms with Crippen molar-refractivity contribution in [3.05, 3.63) is 85.0 Å². The minimum absolute atomic E-state index is 0.147. The van der Waals surface area contributed by atoms with Gasteiger partial charge in [-0.2, -0.15) is 0 Å². The van der Waals surface area contributed by atoms with E-state index in [4.69, 9.17) is 4.74 Å². The second-order valence-electron chi connectivity index (χ2n) is 5.38. The molecule has 26 heavy (non-hydrogen) atoms. The molecule has 3 aromatic rings.